The molecule has 0 saturated heterocycles. The number of rotatable bonds is 5. The smallest absolute Gasteiger partial charge is 0.326 e. The number of nitrogens with one attached hydrogen (secondary N) is 1. The molecule has 0 aromatic carbocycles. The van der Waals surface area contributed by atoms with Crippen molar-refractivity contribution in [3.05, 3.63) is 52.3 Å². The van der Waals surface area contributed by atoms with Gasteiger partial charge in [-0.25, -0.2) is 9.78 Å². The SMILES string of the molecule is O=C(O)C1CCc2cnc(NCCc3ccccn3)c(=O)n21. The van der Waals surface area contributed by atoms with Crippen molar-refractivity contribution in [1.29, 1.82) is 0 Å². The molecule has 7 nitrogen and oxygen atoms in total. The van der Waals surface area contributed by atoms with Crippen LogP contribution in [0.3, 0.4) is 0 Å². The van der Waals surface area contributed by atoms with Gasteiger partial charge >= 0.3 is 5.97 Å². The van der Waals surface area contributed by atoms with Gasteiger partial charge in [0, 0.05) is 36.7 Å². The van der Waals surface area contributed by atoms with E-state index in [0.29, 0.717) is 31.5 Å². The Morgan fingerprint density at radius 2 is 2.27 bits per heavy atom. The van der Waals surface area contributed by atoms with E-state index in [-0.39, 0.29) is 11.4 Å². The fourth-order valence-electron chi connectivity index (χ4n) is 2.65. The zero-order valence-corrected chi connectivity index (χ0v) is 11.9. The van der Waals surface area contributed by atoms with Gasteiger partial charge in [-0.1, -0.05) is 6.07 Å². The van der Waals surface area contributed by atoms with Crippen molar-refractivity contribution in [2.45, 2.75) is 25.3 Å². The molecule has 0 amide bonds. The van der Waals surface area contributed by atoms with E-state index in [9.17, 15) is 14.7 Å². The minimum Gasteiger partial charge on any atom is -0.480 e. The first-order valence-corrected chi connectivity index (χ1v) is 7.14. The van der Waals surface area contributed by atoms with Gasteiger partial charge < -0.3 is 10.4 Å². The standard InChI is InChI=1S/C15H16N4O3/c20-14-13(17-8-6-10-3-1-2-7-16-10)18-9-11-4-5-12(15(21)22)19(11)14/h1-3,7,9,12H,4-6,8H2,(H,17,18)(H,21,22). The van der Waals surface area contributed by atoms with Gasteiger partial charge in [-0.2, -0.15) is 0 Å². The fraction of sp³-hybridized carbons (Fsp3) is 0.333. The highest BCUT2D eigenvalue weighted by Gasteiger charge is 2.30. The highest BCUT2D eigenvalue weighted by Crippen LogP contribution is 2.23. The average molecular weight is 300 g/mol. The van der Waals surface area contributed by atoms with Crippen LogP contribution in [0.15, 0.2) is 35.4 Å². The Morgan fingerprint density at radius 1 is 1.41 bits per heavy atom. The number of hydrogen-bond acceptors (Lipinski definition) is 5. The van der Waals surface area contributed by atoms with Gasteiger partial charge in [0.05, 0.1) is 0 Å². The van der Waals surface area contributed by atoms with E-state index in [4.69, 9.17) is 0 Å². The molecule has 0 aliphatic carbocycles. The van der Waals surface area contributed by atoms with Gasteiger partial charge in [-0.3, -0.25) is 14.3 Å². The van der Waals surface area contributed by atoms with Crippen LogP contribution in [0.4, 0.5) is 5.82 Å². The zero-order chi connectivity index (χ0) is 15.5. The largest absolute Gasteiger partial charge is 0.480 e. The lowest BCUT2D eigenvalue weighted by Gasteiger charge is -2.12. The Labute approximate surface area is 126 Å². The highest BCUT2D eigenvalue weighted by atomic mass is 16.4. The number of hydrogen-bond donors (Lipinski definition) is 2. The van der Waals surface area contributed by atoms with Crippen LogP contribution in [-0.4, -0.2) is 32.2 Å². The van der Waals surface area contributed by atoms with Gasteiger partial charge in [-0.05, 0) is 25.0 Å². The van der Waals surface area contributed by atoms with E-state index in [0.717, 1.165) is 5.69 Å². The van der Waals surface area contributed by atoms with Gasteiger partial charge in [-0.15, -0.1) is 0 Å². The quantitative estimate of drug-likeness (QED) is 0.850. The summed E-state index contributed by atoms with van der Waals surface area (Å²) in [6.45, 7) is 0.510. The summed E-state index contributed by atoms with van der Waals surface area (Å²) >= 11 is 0. The summed E-state index contributed by atoms with van der Waals surface area (Å²) in [5.74, 6) is -0.792. The minimum atomic E-state index is -0.980. The second kappa shape index (κ2) is 5.97. The van der Waals surface area contributed by atoms with E-state index in [1.807, 2.05) is 18.2 Å². The van der Waals surface area contributed by atoms with Gasteiger partial charge in [0.15, 0.2) is 5.82 Å². The summed E-state index contributed by atoms with van der Waals surface area (Å²) < 4.78 is 1.33. The van der Waals surface area contributed by atoms with Crippen LogP contribution in [0.5, 0.6) is 0 Å². The molecule has 2 N–H and O–H groups in total. The molecule has 0 radical (unpaired) electrons. The van der Waals surface area contributed by atoms with Crippen molar-refractivity contribution < 1.29 is 9.90 Å². The lowest BCUT2D eigenvalue weighted by Crippen LogP contribution is -2.30. The third-order valence-electron chi connectivity index (χ3n) is 3.74. The van der Waals surface area contributed by atoms with Crippen molar-refractivity contribution in [3.63, 3.8) is 0 Å². The Balaban J connectivity index is 1.74. The number of nitrogens with zero attached hydrogens (tertiary/aromatic N) is 3. The van der Waals surface area contributed by atoms with Crippen molar-refractivity contribution in [2.24, 2.45) is 0 Å². The Morgan fingerprint density at radius 3 is 3.00 bits per heavy atom. The van der Waals surface area contributed by atoms with Crippen LogP contribution in [0.1, 0.15) is 23.9 Å². The second-order valence-electron chi connectivity index (χ2n) is 5.16. The van der Waals surface area contributed by atoms with Crippen LogP contribution in [0.2, 0.25) is 0 Å². The molecule has 0 saturated carbocycles. The monoisotopic (exact) mass is 300 g/mol. The van der Waals surface area contributed by atoms with Crippen molar-refractivity contribution in [3.8, 4) is 0 Å². The third-order valence-corrected chi connectivity index (χ3v) is 3.74. The molecule has 1 unspecified atom stereocenters. The maximum atomic E-state index is 12.4. The summed E-state index contributed by atoms with van der Waals surface area (Å²) in [5.41, 5.74) is 1.22. The summed E-state index contributed by atoms with van der Waals surface area (Å²) in [6.07, 6.45) is 4.95. The number of fused-ring (bicyclic) bond motifs is 1. The van der Waals surface area contributed by atoms with E-state index in [2.05, 4.69) is 15.3 Å². The summed E-state index contributed by atoms with van der Waals surface area (Å²) in [4.78, 5) is 31.9. The maximum absolute atomic E-state index is 12.4. The number of carboxylic acid groups (broad SMARTS) is 1. The number of aromatic nitrogens is 3. The molecule has 1 aliphatic rings. The molecule has 0 bridgehead atoms. The summed E-state index contributed by atoms with van der Waals surface area (Å²) in [7, 11) is 0. The molecule has 2 aromatic heterocycles. The number of aryl methyl sites for hydroxylation is 1. The van der Waals surface area contributed by atoms with Crippen LogP contribution in [0, 0.1) is 0 Å². The van der Waals surface area contributed by atoms with Gasteiger partial charge in [0.2, 0.25) is 0 Å². The first-order valence-electron chi connectivity index (χ1n) is 7.14. The van der Waals surface area contributed by atoms with Crippen LogP contribution < -0.4 is 10.9 Å². The maximum Gasteiger partial charge on any atom is 0.326 e. The van der Waals surface area contributed by atoms with Crippen LogP contribution in [-0.2, 0) is 17.6 Å². The molecular weight excluding hydrogens is 284 g/mol. The summed E-state index contributed by atoms with van der Waals surface area (Å²) in [6, 6.07) is 4.87. The zero-order valence-electron chi connectivity index (χ0n) is 11.9. The van der Waals surface area contributed by atoms with Gasteiger partial charge in [0.1, 0.15) is 6.04 Å². The molecule has 0 spiro atoms. The number of anilines is 1. The molecule has 114 valence electrons. The topological polar surface area (TPSA) is 97.1 Å². The molecular formula is C15H16N4O3. The third kappa shape index (κ3) is 2.69. The number of pyridine rings is 1. The molecule has 7 heteroatoms. The Kier molecular flexibility index (Phi) is 3.86. The van der Waals surface area contributed by atoms with Crippen molar-refractivity contribution in [1.82, 2.24) is 14.5 Å². The molecule has 22 heavy (non-hydrogen) atoms. The Bertz CT molecular complexity index is 742. The van der Waals surface area contributed by atoms with Crippen molar-refractivity contribution >= 4 is 11.8 Å². The molecule has 0 fully saturated rings. The Hall–Kier alpha value is -2.70. The first-order chi connectivity index (χ1) is 10.7. The fourth-order valence-corrected chi connectivity index (χ4v) is 2.65. The predicted molar refractivity (Wildman–Crippen MR) is 79.9 cm³/mol. The minimum absolute atomic E-state index is 0.188. The molecule has 1 aliphatic heterocycles. The van der Waals surface area contributed by atoms with Crippen LogP contribution in [0.25, 0.3) is 0 Å². The van der Waals surface area contributed by atoms with E-state index >= 15 is 0 Å². The van der Waals surface area contributed by atoms with Crippen LogP contribution >= 0.6 is 0 Å². The molecule has 1 atom stereocenters. The lowest BCUT2D eigenvalue weighted by molar-refractivity contribution is -0.140. The normalized spacial score (nSPS) is 16.3. The second-order valence-corrected chi connectivity index (χ2v) is 5.16. The highest BCUT2D eigenvalue weighted by molar-refractivity contribution is 5.72. The number of carbonyl (C=O) groups is 1. The van der Waals surface area contributed by atoms with E-state index in [1.54, 1.807) is 12.4 Å². The van der Waals surface area contributed by atoms with E-state index < -0.39 is 12.0 Å². The lowest BCUT2D eigenvalue weighted by atomic mass is 10.2. The van der Waals surface area contributed by atoms with E-state index in [1.165, 1.54) is 4.57 Å². The molecule has 3 rings (SSSR count). The average Bonchev–Trinajstić information content (AvgIpc) is 2.96. The van der Waals surface area contributed by atoms with Crippen molar-refractivity contribution in [2.75, 3.05) is 11.9 Å². The summed E-state index contributed by atoms with van der Waals surface area (Å²) in [5, 5.41) is 12.2. The first kappa shape index (κ1) is 14.2. The molecule has 3 heterocycles. The van der Waals surface area contributed by atoms with Gasteiger partial charge in [0.25, 0.3) is 5.56 Å². The predicted octanol–water partition coefficient (Wildman–Crippen LogP) is 0.865. The molecule has 2 aromatic rings. The number of carboxylic acids is 1. The number of aliphatic carboxylic acids is 1.